The lowest BCUT2D eigenvalue weighted by Gasteiger charge is -2.34. The average molecular weight is 226 g/mol. The maximum atomic E-state index is 3.77. The molecule has 0 bridgehead atoms. The van der Waals surface area contributed by atoms with Gasteiger partial charge in [0.05, 0.1) is 4.45 Å². The Labute approximate surface area is 81.6 Å². The molecular weight excluding hydrogens is 214 g/mol. The van der Waals surface area contributed by atoms with Gasteiger partial charge in [-0.3, -0.25) is 4.90 Å². The van der Waals surface area contributed by atoms with E-state index in [-0.39, 0.29) is 4.45 Å². The van der Waals surface area contributed by atoms with Crippen molar-refractivity contribution < 1.29 is 0 Å². The summed E-state index contributed by atoms with van der Waals surface area (Å²) in [7, 11) is 0. The van der Waals surface area contributed by atoms with E-state index in [4.69, 9.17) is 0 Å². The zero-order valence-corrected chi connectivity index (χ0v) is 8.50. The van der Waals surface area contributed by atoms with Crippen molar-refractivity contribution in [2.24, 2.45) is 0 Å². The van der Waals surface area contributed by atoms with E-state index in [2.05, 4.69) is 57.3 Å². The van der Waals surface area contributed by atoms with Gasteiger partial charge in [-0.05, 0) is 6.42 Å². The zero-order chi connectivity index (χ0) is 8.44. The molecule has 2 rings (SSSR count). The van der Waals surface area contributed by atoms with E-state index in [0.717, 1.165) is 19.5 Å². The van der Waals surface area contributed by atoms with Gasteiger partial charge in [-0.2, -0.15) is 0 Å². The average Bonchev–Trinajstić information content (AvgIpc) is 2.58. The Morgan fingerprint density at radius 1 is 1.08 bits per heavy atom. The van der Waals surface area contributed by atoms with Crippen molar-refractivity contribution in [3.63, 3.8) is 0 Å². The van der Waals surface area contributed by atoms with Gasteiger partial charge in [-0.1, -0.05) is 52.4 Å². The van der Waals surface area contributed by atoms with Crippen LogP contribution in [0.2, 0.25) is 0 Å². The van der Waals surface area contributed by atoms with Gasteiger partial charge in [-0.15, -0.1) is 0 Å². The first-order chi connectivity index (χ1) is 5.81. The number of rotatable bonds is 1. The van der Waals surface area contributed by atoms with Crippen molar-refractivity contribution in [1.82, 2.24) is 4.90 Å². The first-order valence-corrected chi connectivity index (χ1v) is 5.04. The molecule has 1 aliphatic carbocycles. The Kier molecular flexibility index (Phi) is 2.20. The fourth-order valence-electron chi connectivity index (χ4n) is 1.60. The molecule has 0 radical (unpaired) electrons. The summed E-state index contributed by atoms with van der Waals surface area (Å²) >= 11 is 3.77. The molecule has 1 atom stereocenters. The first-order valence-electron chi connectivity index (χ1n) is 4.25. The van der Waals surface area contributed by atoms with Crippen LogP contribution in [-0.2, 0) is 0 Å². The molecule has 0 aromatic heterocycles. The molecule has 2 aliphatic rings. The van der Waals surface area contributed by atoms with Crippen LogP contribution in [0.25, 0.3) is 0 Å². The van der Waals surface area contributed by atoms with Crippen molar-refractivity contribution in [2.45, 2.75) is 10.9 Å². The molecule has 0 amide bonds. The van der Waals surface area contributed by atoms with E-state index in [9.17, 15) is 0 Å². The summed E-state index contributed by atoms with van der Waals surface area (Å²) in [5.41, 5.74) is 0. The molecule has 2 heteroatoms. The Hall–Kier alpha value is -0.340. The summed E-state index contributed by atoms with van der Waals surface area (Å²) in [6.07, 6.45) is 14.1. The summed E-state index contributed by atoms with van der Waals surface area (Å²) in [6.45, 7) is 2.12. The van der Waals surface area contributed by atoms with E-state index in [0.29, 0.717) is 0 Å². The smallest absolute Gasteiger partial charge is 0.0995 e. The van der Waals surface area contributed by atoms with E-state index in [1.54, 1.807) is 0 Å². The molecule has 12 heavy (non-hydrogen) atoms. The van der Waals surface area contributed by atoms with Gasteiger partial charge in [0.1, 0.15) is 0 Å². The quantitative estimate of drug-likeness (QED) is 0.377. The molecule has 0 saturated carbocycles. The summed E-state index contributed by atoms with van der Waals surface area (Å²) in [6, 6.07) is 0. The second-order valence-electron chi connectivity index (χ2n) is 3.19. The van der Waals surface area contributed by atoms with Crippen molar-refractivity contribution in [1.29, 1.82) is 0 Å². The molecule has 0 aromatic carbocycles. The number of halogens is 1. The van der Waals surface area contributed by atoms with Crippen LogP contribution in [0.5, 0.6) is 0 Å². The normalized spacial score (nSPS) is 34.8. The fourth-order valence-corrected chi connectivity index (χ4v) is 2.23. The highest BCUT2D eigenvalue weighted by molar-refractivity contribution is 9.10. The minimum Gasteiger partial charge on any atom is -0.278 e. The van der Waals surface area contributed by atoms with Gasteiger partial charge < -0.3 is 0 Å². The van der Waals surface area contributed by atoms with Crippen LogP contribution in [0.3, 0.4) is 0 Å². The first kappa shape index (κ1) is 8.27. The van der Waals surface area contributed by atoms with Crippen LogP contribution in [0, 0.1) is 0 Å². The molecule has 0 saturated heterocycles. The number of alkyl halides is 1. The SMILES string of the molecule is BrC1(N2CC=CC2)C=CC=CC1. The predicted octanol–water partition coefficient (Wildman–Crippen LogP) is 2.47. The van der Waals surface area contributed by atoms with Gasteiger partial charge in [0.15, 0.2) is 0 Å². The minimum absolute atomic E-state index is 0.0747. The van der Waals surface area contributed by atoms with Crippen LogP contribution in [-0.4, -0.2) is 22.4 Å². The molecule has 0 N–H and O–H groups in total. The summed E-state index contributed by atoms with van der Waals surface area (Å²) in [5.74, 6) is 0. The molecule has 1 nitrogen and oxygen atoms in total. The van der Waals surface area contributed by atoms with Crippen molar-refractivity contribution in [3.8, 4) is 0 Å². The Balaban J connectivity index is 2.10. The molecule has 1 aliphatic heterocycles. The summed E-state index contributed by atoms with van der Waals surface area (Å²) in [5, 5.41) is 0. The highest BCUT2D eigenvalue weighted by Gasteiger charge is 2.30. The van der Waals surface area contributed by atoms with Crippen molar-refractivity contribution in [3.05, 3.63) is 36.5 Å². The summed E-state index contributed by atoms with van der Waals surface area (Å²) in [4.78, 5) is 2.41. The topological polar surface area (TPSA) is 3.24 Å². The third kappa shape index (κ3) is 1.41. The second kappa shape index (κ2) is 3.19. The lowest BCUT2D eigenvalue weighted by atomic mass is 10.1. The van der Waals surface area contributed by atoms with Gasteiger partial charge in [-0.25, -0.2) is 0 Å². The van der Waals surface area contributed by atoms with Crippen LogP contribution < -0.4 is 0 Å². The largest absolute Gasteiger partial charge is 0.278 e. The maximum Gasteiger partial charge on any atom is 0.0995 e. The van der Waals surface area contributed by atoms with Crippen LogP contribution in [0.4, 0.5) is 0 Å². The zero-order valence-electron chi connectivity index (χ0n) is 6.91. The molecule has 64 valence electrons. The number of hydrogen-bond donors (Lipinski definition) is 0. The number of nitrogens with zero attached hydrogens (tertiary/aromatic N) is 1. The lowest BCUT2D eigenvalue weighted by Crippen LogP contribution is -2.40. The van der Waals surface area contributed by atoms with Gasteiger partial charge in [0, 0.05) is 13.1 Å². The molecule has 0 spiro atoms. The molecule has 0 aromatic rings. The van der Waals surface area contributed by atoms with Crippen molar-refractivity contribution in [2.75, 3.05) is 13.1 Å². The fraction of sp³-hybridized carbons (Fsp3) is 0.400. The minimum atomic E-state index is 0.0747. The molecule has 1 unspecified atom stereocenters. The third-order valence-electron chi connectivity index (χ3n) is 2.35. The lowest BCUT2D eigenvalue weighted by molar-refractivity contribution is 0.272. The maximum absolute atomic E-state index is 3.77. The van der Waals surface area contributed by atoms with E-state index in [1.165, 1.54) is 0 Å². The van der Waals surface area contributed by atoms with E-state index < -0.39 is 0 Å². The highest BCUT2D eigenvalue weighted by Crippen LogP contribution is 2.32. The standard InChI is InChI=1S/C10H12BrN/c11-10(6-2-1-3-7-10)12-8-4-5-9-12/h1-6H,7-9H2. The summed E-state index contributed by atoms with van der Waals surface area (Å²) < 4.78 is 0.0747. The number of allylic oxidation sites excluding steroid dienone is 2. The van der Waals surface area contributed by atoms with Crippen LogP contribution in [0.15, 0.2) is 36.5 Å². The van der Waals surface area contributed by atoms with Crippen LogP contribution >= 0.6 is 15.9 Å². The Morgan fingerprint density at radius 2 is 1.83 bits per heavy atom. The van der Waals surface area contributed by atoms with Gasteiger partial charge in [0.2, 0.25) is 0 Å². The van der Waals surface area contributed by atoms with Crippen molar-refractivity contribution >= 4 is 15.9 Å². The molecular formula is C10H12BrN. The third-order valence-corrected chi connectivity index (χ3v) is 3.44. The monoisotopic (exact) mass is 225 g/mol. The van der Waals surface area contributed by atoms with Crippen LogP contribution in [0.1, 0.15) is 6.42 Å². The Morgan fingerprint density at radius 3 is 2.42 bits per heavy atom. The second-order valence-corrected chi connectivity index (χ2v) is 4.56. The Bertz CT molecular complexity index is 247. The van der Waals surface area contributed by atoms with E-state index in [1.807, 2.05) is 0 Å². The highest BCUT2D eigenvalue weighted by atomic mass is 79.9. The predicted molar refractivity (Wildman–Crippen MR) is 55.3 cm³/mol. The number of hydrogen-bond acceptors (Lipinski definition) is 1. The van der Waals surface area contributed by atoms with Gasteiger partial charge >= 0.3 is 0 Å². The molecule has 1 heterocycles. The van der Waals surface area contributed by atoms with E-state index >= 15 is 0 Å². The molecule has 0 fully saturated rings. The van der Waals surface area contributed by atoms with Gasteiger partial charge in [0.25, 0.3) is 0 Å².